The van der Waals surface area contributed by atoms with Gasteiger partial charge in [-0.2, -0.15) is 0 Å². The van der Waals surface area contributed by atoms with E-state index in [9.17, 15) is 0 Å². The number of aromatic nitrogens is 4. The lowest BCUT2D eigenvalue weighted by Gasteiger charge is -2.34. The summed E-state index contributed by atoms with van der Waals surface area (Å²) in [6.07, 6.45) is 0. The standard InChI is InChI=1S/C33H24ClFN4O/c1-40-30-21-20-23(22-28(30)34)31-27(18-11-19-29(31)35)32-36-38-39(37-32)33(24-12-5-2-6-13-24,25-14-7-3-8-15-25)26-16-9-4-10-17-26/h2-22H,1H3. The summed E-state index contributed by atoms with van der Waals surface area (Å²) in [6.45, 7) is 0. The third-order valence-electron chi connectivity index (χ3n) is 6.98. The van der Waals surface area contributed by atoms with Gasteiger partial charge in [0.15, 0.2) is 5.54 Å². The number of halogens is 2. The minimum atomic E-state index is -0.939. The molecule has 0 amide bonds. The SMILES string of the molecule is COc1ccc(-c2c(F)cccc2-c2nnn(C(c3ccccc3)(c3ccccc3)c3ccccc3)n2)cc1Cl. The van der Waals surface area contributed by atoms with Gasteiger partial charge in [-0.05, 0) is 45.7 Å². The monoisotopic (exact) mass is 546 g/mol. The van der Waals surface area contributed by atoms with E-state index in [1.54, 1.807) is 35.1 Å². The molecule has 0 fully saturated rings. The van der Waals surface area contributed by atoms with E-state index >= 15 is 4.39 Å². The Balaban J connectivity index is 1.59. The molecule has 0 bridgehead atoms. The normalized spacial score (nSPS) is 11.4. The Morgan fingerprint density at radius 2 is 1.30 bits per heavy atom. The summed E-state index contributed by atoms with van der Waals surface area (Å²) in [7, 11) is 1.54. The second-order valence-electron chi connectivity index (χ2n) is 9.22. The predicted molar refractivity (Wildman–Crippen MR) is 155 cm³/mol. The Bertz CT molecular complexity index is 1660. The van der Waals surface area contributed by atoms with E-state index in [2.05, 4.69) is 46.7 Å². The van der Waals surface area contributed by atoms with Crippen molar-refractivity contribution in [1.29, 1.82) is 0 Å². The maximum atomic E-state index is 15.4. The minimum Gasteiger partial charge on any atom is -0.495 e. The molecule has 0 radical (unpaired) electrons. The first-order valence-electron chi connectivity index (χ1n) is 12.7. The van der Waals surface area contributed by atoms with Crippen LogP contribution < -0.4 is 4.74 Å². The number of ether oxygens (including phenoxy) is 1. The van der Waals surface area contributed by atoms with E-state index in [1.165, 1.54) is 13.2 Å². The topological polar surface area (TPSA) is 52.8 Å². The molecule has 6 aromatic rings. The molecule has 5 nitrogen and oxygen atoms in total. The van der Waals surface area contributed by atoms with Crippen molar-refractivity contribution in [2.75, 3.05) is 7.11 Å². The van der Waals surface area contributed by atoms with Crippen molar-refractivity contribution in [3.05, 3.63) is 155 Å². The molecule has 0 spiro atoms. The predicted octanol–water partition coefficient (Wildman–Crippen LogP) is 7.65. The molecule has 1 aromatic heterocycles. The quantitative estimate of drug-likeness (QED) is 0.193. The summed E-state index contributed by atoms with van der Waals surface area (Å²) in [5, 5.41) is 14.4. The van der Waals surface area contributed by atoms with Crippen LogP contribution >= 0.6 is 11.6 Å². The van der Waals surface area contributed by atoms with Gasteiger partial charge in [0, 0.05) is 11.1 Å². The molecular formula is C33H24ClFN4O. The average Bonchev–Trinajstić information content (AvgIpc) is 3.49. The fourth-order valence-electron chi connectivity index (χ4n) is 5.17. The van der Waals surface area contributed by atoms with Crippen LogP contribution in [0.25, 0.3) is 22.5 Å². The van der Waals surface area contributed by atoms with Gasteiger partial charge in [-0.3, -0.25) is 0 Å². The number of rotatable bonds is 7. The van der Waals surface area contributed by atoms with Gasteiger partial charge in [-0.1, -0.05) is 121 Å². The number of nitrogens with zero attached hydrogens (tertiary/aromatic N) is 4. The van der Waals surface area contributed by atoms with Crippen molar-refractivity contribution in [2.45, 2.75) is 5.54 Å². The Morgan fingerprint density at radius 1 is 0.725 bits per heavy atom. The summed E-state index contributed by atoms with van der Waals surface area (Å²) in [5.41, 5.74) is 3.34. The molecule has 0 aliphatic rings. The Morgan fingerprint density at radius 3 is 1.82 bits per heavy atom. The molecule has 0 atom stereocenters. The van der Waals surface area contributed by atoms with E-state index in [0.29, 0.717) is 27.5 Å². The lowest BCUT2D eigenvalue weighted by molar-refractivity contribution is 0.396. The number of benzene rings is 5. The Hall–Kier alpha value is -4.81. The summed E-state index contributed by atoms with van der Waals surface area (Å²) >= 11 is 6.40. The molecule has 1 heterocycles. The first-order chi connectivity index (χ1) is 19.6. The van der Waals surface area contributed by atoms with Crippen LogP contribution in [-0.2, 0) is 5.54 Å². The maximum absolute atomic E-state index is 15.4. The van der Waals surface area contributed by atoms with Crippen molar-refractivity contribution in [1.82, 2.24) is 20.2 Å². The van der Waals surface area contributed by atoms with Crippen LogP contribution in [0.2, 0.25) is 5.02 Å². The van der Waals surface area contributed by atoms with Gasteiger partial charge in [0.05, 0.1) is 12.1 Å². The highest BCUT2D eigenvalue weighted by Gasteiger charge is 2.41. The lowest BCUT2D eigenvalue weighted by atomic mass is 9.77. The smallest absolute Gasteiger partial charge is 0.205 e. The highest BCUT2D eigenvalue weighted by atomic mass is 35.5. The zero-order valence-corrected chi connectivity index (χ0v) is 22.3. The average molecular weight is 547 g/mol. The van der Waals surface area contributed by atoms with Crippen molar-refractivity contribution >= 4 is 11.6 Å². The summed E-state index contributed by atoms with van der Waals surface area (Å²) in [6, 6.07) is 40.2. The molecule has 0 aliphatic heterocycles. The second kappa shape index (κ2) is 10.8. The van der Waals surface area contributed by atoms with Crippen LogP contribution in [0.15, 0.2) is 127 Å². The molecule has 0 N–H and O–H groups in total. The first kappa shape index (κ1) is 25.5. The van der Waals surface area contributed by atoms with E-state index in [0.717, 1.165) is 16.7 Å². The van der Waals surface area contributed by atoms with E-state index in [1.807, 2.05) is 54.6 Å². The van der Waals surface area contributed by atoms with Crippen LogP contribution in [0.5, 0.6) is 5.75 Å². The van der Waals surface area contributed by atoms with E-state index < -0.39 is 11.4 Å². The largest absolute Gasteiger partial charge is 0.495 e. The molecule has 40 heavy (non-hydrogen) atoms. The number of hydrogen-bond donors (Lipinski definition) is 0. The highest BCUT2D eigenvalue weighted by Crippen LogP contribution is 2.41. The van der Waals surface area contributed by atoms with Crippen LogP contribution in [0, 0.1) is 5.82 Å². The highest BCUT2D eigenvalue weighted by molar-refractivity contribution is 6.32. The van der Waals surface area contributed by atoms with Gasteiger partial charge in [-0.25, -0.2) is 4.39 Å². The van der Waals surface area contributed by atoms with E-state index in [-0.39, 0.29) is 5.82 Å². The molecule has 7 heteroatoms. The molecule has 196 valence electrons. The van der Waals surface area contributed by atoms with Crippen molar-refractivity contribution < 1.29 is 9.13 Å². The molecule has 0 unspecified atom stereocenters. The zero-order valence-electron chi connectivity index (χ0n) is 21.6. The molecule has 0 saturated carbocycles. The lowest BCUT2D eigenvalue weighted by Crippen LogP contribution is -2.39. The second-order valence-corrected chi connectivity index (χ2v) is 9.63. The number of tetrazole rings is 1. The fraction of sp³-hybridized carbons (Fsp3) is 0.0606. The molecular weight excluding hydrogens is 523 g/mol. The fourth-order valence-corrected chi connectivity index (χ4v) is 5.43. The van der Waals surface area contributed by atoms with Crippen LogP contribution in [0.1, 0.15) is 16.7 Å². The summed E-state index contributed by atoms with van der Waals surface area (Å²) in [5.74, 6) is 0.370. The van der Waals surface area contributed by atoms with Crippen LogP contribution in [-0.4, -0.2) is 27.3 Å². The minimum absolute atomic E-state index is 0.286. The summed E-state index contributed by atoms with van der Waals surface area (Å²) < 4.78 is 20.7. The van der Waals surface area contributed by atoms with Gasteiger partial charge in [0.25, 0.3) is 0 Å². The van der Waals surface area contributed by atoms with Crippen molar-refractivity contribution in [2.24, 2.45) is 0 Å². The van der Waals surface area contributed by atoms with E-state index in [4.69, 9.17) is 21.4 Å². The van der Waals surface area contributed by atoms with Crippen LogP contribution in [0.4, 0.5) is 4.39 Å². The third kappa shape index (κ3) is 4.32. The van der Waals surface area contributed by atoms with Gasteiger partial charge < -0.3 is 4.74 Å². The summed E-state index contributed by atoms with van der Waals surface area (Å²) in [4.78, 5) is 1.62. The Kier molecular flexibility index (Phi) is 6.84. The van der Waals surface area contributed by atoms with Gasteiger partial charge in [0.2, 0.25) is 5.82 Å². The molecule has 0 aliphatic carbocycles. The van der Waals surface area contributed by atoms with Gasteiger partial charge >= 0.3 is 0 Å². The number of methoxy groups -OCH3 is 1. The maximum Gasteiger partial charge on any atom is 0.205 e. The first-order valence-corrected chi connectivity index (χ1v) is 13.1. The Labute approximate surface area is 236 Å². The van der Waals surface area contributed by atoms with Crippen molar-refractivity contribution in [3.8, 4) is 28.3 Å². The van der Waals surface area contributed by atoms with Crippen molar-refractivity contribution in [3.63, 3.8) is 0 Å². The van der Waals surface area contributed by atoms with Gasteiger partial charge in [0.1, 0.15) is 11.6 Å². The van der Waals surface area contributed by atoms with Gasteiger partial charge in [-0.15, -0.1) is 15.0 Å². The van der Waals surface area contributed by atoms with Crippen LogP contribution in [0.3, 0.4) is 0 Å². The molecule has 5 aromatic carbocycles. The molecule has 0 saturated heterocycles. The number of hydrogen-bond acceptors (Lipinski definition) is 4. The molecule has 6 rings (SSSR count). The zero-order chi connectivity index (χ0) is 27.5. The third-order valence-corrected chi connectivity index (χ3v) is 7.28.